The lowest BCUT2D eigenvalue weighted by Gasteiger charge is -2.16. The summed E-state index contributed by atoms with van der Waals surface area (Å²) in [6, 6.07) is -1.49. The van der Waals surface area contributed by atoms with E-state index in [0.717, 1.165) is 0 Å². The van der Waals surface area contributed by atoms with Crippen molar-refractivity contribution in [2.45, 2.75) is 38.9 Å². The van der Waals surface area contributed by atoms with Gasteiger partial charge in [0, 0.05) is 0 Å². The summed E-state index contributed by atoms with van der Waals surface area (Å²) >= 11 is 0. The first-order chi connectivity index (χ1) is 7.14. The van der Waals surface area contributed by atoms with Crippen molar-refractivity contribution in [3.63, 3.8) is 0 Å². The number of aliphatic carboxylic acids is 1. The minimum atomic E-state index is -5.05. The van der Waals surface area contributed by atoms with Crippen molar-refractivity contribution in [2.75, 3.05) is 0 Å². The fourth-order valence-electron chi connectivity index (χ4n) is 0.997. The van der Waals surface area contributed by atoms with E-state index in [1.165, 1.54) is 5.32 Å². The summed E-state index contributed by atoms with van der Waals surface area (Å²) < 4.78 is 35.6. The van der Waals surface area contributed by atoms with Crippen molar-refractivity contribution in [3.8, 4) is 0 Å². The van der Waals surface area contributed by atoms with Gasteiger partial charge < -0.3 is 10.4 Å². The first kappa shape index (κ1) is 14.7. The minimum absolute atomic E-state index is 0.0190. The summed E-state index contributed by atoms with van der Waals surface area (Å²) in [4.78, 5) is 21.1. The van der Waals surface area contributed by atoms with Gasteiger partial charge >= 0.3 is 18.1 Å². The Morgan fingerprint density at radius 1 is 1.25 bits per heavy atom. The monoisotopic (exact) mass is 241 g/mol. The topological polar surface area (TPSA) is 66.4 Å². The molecule has 0 heterocycles. The first-order valence-corrected chi connectivity index (χ1v) is 4.75. The molecule has 0 saturated heterocycles. The molecule has 0 radical (unpaired) electrons. The number of alkyl halides is 3. The van der Waals surface area contributed by atoms with Crippen LogP contribution in [0.15, 0.2) is 0 Å². The molecule has 0 aromatic rings. The molecule has 0 rings (SSSR count). The lowest BCUT2D eigenvalue weighted by Crippen LogP contribution is -2.46. The van der Waals surface area contributed by atoms with E-state index in [2.05, 4.69) is 0 Å². The van der Waals surface area contributed by atoms with Crippen LogP contribution in [0.3, 0.4) is 0 Å². The van der Waals surface area contributed by atoms with Gasteiger partial charge in [-0.05, 0) is 18.8 Å². The normalized spacial score (nSPS) is 13.6. The molecule has 7 heteroatoms. The predicted octanol–water partition coefficient (Wildman–Crippen LogP) is 1.55. The van der Waals surface area contributed by atoms with Crippen molar-refractivity contribution in [1.29, 1.82) is 0 Å². The smallest absolute Gasteiger partial charge is 0.471 e. The lowest BCUT2D eigenvalue weighted by atomic mass is 10.0. The van der Waals surface area contributed by atoms with E-state index in [1.807, 2.05) is 13.8 Å². The molecule has 0 bridgehead atoms. The standard InChI is InChI=1S/C9H14F3NO3/c1-5(2)3-4-6(7(14)15)13-8(16)9(10,11)12/h5-6H,3-4H2,1-2H3,(H,13,16)(H,14,15)/t6-/m0/s1. The van der Waals surface area contributed by atoms with Crippen LogP contribution in [-0.4, -0.2) is 29.2 Å². The molecule has 0 aliphatic heterocycles. The van der Waals surface area contributed by atoms with Crippen LogP contribution < -0.4 is 5.32 Å². The third kappa shape index (κ3) is 5.57. The number of carboxylic acids is 1. The molecule has 1 atom stereocenters. The highest BCUT2D eigenvalue weighted by atomic mass is 19.4. The number of hydrogen-bond acceptors (Lipinski definition) is 2. The Labute approximate surface area is 90.8 Å². The van der Waals surface area contributed by atoms with Crippen molar-refractivity contribution in [1.82, 2.24) is 5.32 Å². The van der Waals surface area contributed by atoms with Crippen LogP contribution >= 0.6 is 0 Å². The molecule has 16 heavy (non-hydrogen) atoms. The van der Waals surface area contributed by atoms with E-state index in [4.69, 9.17) is 5.11 Å². The zero-order chi connectivity index (χ0) is 12.9. The first-order valence-electron chi connectivity index (χ1n) is 4.75. The van der Waals surface area contributed by atoms with Gasteiger partial charge in [-0.25, -0.2) is 4.79 Å². The van der Waals surface area contributed by atoms with Gasteiger partial charge in [0.05, 0.1) is 0 Å². The molecule has 0 aliphatic carbocycles. The number of carboxylic acid groups (broad SMARTS) is 1. The van der Waals surface area contributed by atoms with Crippen LogP contribution in [0.1, 0.15) is 26.7 Å². The highest BCUT2D eigenvalue weighted by molar-refractivity contribution is 5.86. The molecule has 0 aliphatic rings. The van der Waals surface area contributed by atoms with E-state index < -0.39 is 24.1 Å². The second-order valence-corrected chi connectivity index (χ2v) is 3.83. The number of rotatable bonds is 5. The Morgan fingerprint density at radius 2 is 1.75 bits per heavy atom. The zero-order valence-electron chi connectivity index (χ0n) is 8.97. The van der Waals surface area contributed by atoms with Crippen molar-refractivity contribution < 1.29 is 27.9 Å². The number of carbonyl (C=O) groups is 2. The van der Waals surface area contributed by atoms with Gasteiger partial charge in [-0.15, -0.1) is 0 Å². The number of nitrogens with one attached hydrogen (secondary N) is 1. The van der Waals surface area contributed by atoms with E-state index in [0.29, 0.717) is 6.42 Å². The maximum atomic E-state index is 11.9. The third-order valence-corrected chi connectivity index (χ3v) is 1.89. The summed E-state index contributed by atoms with van der Waals surface area (Å²) in [6.07, 6.45) is -4.64. The summed E-state index contributed by atoms with van der Waals surface area (Å²) in [5.74, 6) is -3.52. The average molecular weight is 241 g/mol. The van der Waals surface area contributed by atoms with Crippen molar-refractivity contribution in [3.05, 3.63) is 0 Å². The molecule has 94 valence electrons. The van der Waals surface area contributed by atoms with Crippen LogP contribution in [0, 0.1) is 5.92 Å². The SMILES string of the molecule is CC(C)CC[C@H](NC(=O)C(F)(F)F)C(=O)O. The van der Waals surface area contributed by atoms with Crippen LogP contribution in [0.25, 0.3) is 0 Å². The Morgan fingerprint density at radius 3 is 2.06 bits per heavy atom. The third-order valence-electron chi connectivity index (χ3n) is 1.89. The molecule has 1 amide bonds. The highest BCUT2D eigenvalue weighted by Crippen LogP contribution is 2.15. The molecular formula is C9H14F3NO3. The van der Waals surface area contributed by atoms with Crippen molar-refractivity contribution >= 4 is 11.9 Å². The number of hydrogen-bond donors (Lipinski definition) is 2. The molecule has 0 aromatic heterocycles. The fraction of sp³-hybridized carbons (Fsp3) is 0.778. The molecule has 0 aromatic carbocycles. The quantitative estimate of drug-likeness (QED) is 0.767. The van der Waals surface area contributed by atoms with Gasteiger partial charge in [0.15, 0.2) is 0 Å². The van der Waals surface area contributed by atoms with Crippen molar-refractivity contribution in [2.24, 2.45) is 5.92 Å². The van der Waals surface area contributed by atoms with Crippen LogP contribution in [-0.2, 0) is 9.59 Å². The second kappa shape index (κ2) is 5.72. The number of amides is 1. The molecule has 4 nitrogen and oxygen atoms in total. The van der Waals surface area contributed by atoms with Gasteiger partial charge in [-0.3, -0.25) is 4.79 Å². The van der Waals surface area contributed by atoms with Gasteiger partial charge in [0.25, 0.3) is 0 Å². The molecule has 0 saturated carbocycles. The van der Waals surface area contributed by atoms with E-state index in [9.17, 15) is 22.8 Å². The van der Waals surface area contributed by atoms with Gasteiger partial charge in [-0.2, -0.15) is 13.2 Å². The van der Waals surface area contributed by atoms with E-state index >= 15 is 0 Å². The van der Waals surface area contributed by atoms with Crippen LogP contribution in [0.4, 0.5) is 13.2 Å². The van der Waals surface area contributed by atoms with Gasteiger partial charge in [-0.1, -0.05) is 13.8 Å². The maximum absolute atomic E-state index is 11.9. The highest BCUT2D eigenvalue weighted by Gasteiger charge is 2.40. The summed E-state index contributed by atoms with van der Waals surface area (Å²) in [5.41, 5.74) is 0. The number of carbonyl (C=O) groups excluding carboxylic acids is 1. The average Bonchev–Trinajstić information content (AvgIpc) is 2.09. The molecule has 0 spiro atoms. The van der Waals surface area contributed by atoms with Crippen LogP contribution in [0.5, 0.6) is 0 Å². The van der Waals surface area contributed by atoms with Gasteiger partial charge in [0.1, 0.15) is 6.04 Å². The summed E-state index contributed by atoms with van der Waals surface area (Å²) in [6.45, 7) is 3.62. The second-order valence-electron chi connectivity index (χ2n) is 3.83. The number of halogens is 3. The Bertz CT molecular complexity index is 263. The summed E-state index contributed by atoms with van der Waals surface area (Å²) in [7, 11) is 0. The molecular weight excluding hydrogens is 227 g/mol. The molecule has 0 fully saturated rings. The lowest BCUT2D eigenvalue weighted by molar-refractivity contribution is -0.175. The molecule has 2 N–H and O–H groups in total. The largest absolute Gasteiger partial charge is 0.480 e. The maximum Gasteiger partial charge on any atom is 0.471 e. The van der Waals surface area contributed by atoms with E-state index in [1.54, 1.807) is 0 Å². The molecule has 0 unspecified atom stereocenters. The van der Waals surface area contributed by atoms with Crippen LogP contribution in [0.2, 0.25) is 0 Å². The van der Waals surface area contributed by atoms with Gasteiger partial charge in [0.2, 0.25) is 0 Å². The predicted molar refractivity (Wildman–Crippen MR) is 49.7 cm³/mol. The fourth-order valence-corrected chi connectivity index (χ4v) is 0.997. The Balaban J connectivity index is 4.35. The Hall–Kier alpha value is -1.27. The Kier molecular flexibility index (Phi) is 5.26. The zero-order valence-corrected chi connectivity index (χ0v) is 8.97. The summed E-state index contributed by atoms with van der Waals surface area (Å²) in [5, 5.41) is 10.1. The minimum Gasteiger partial charge on any atom is -0.480 e. The van der Waals surface area contributed by atoms with E-state index in [-0.39, 0.29) is 12.3 Å².